The molecule has 2 rings (SSSR count). The van der Waals surface area contributed by atoms with E-state index in [0.717, 1.165) is 31.9 Å². The first-order valence-corrected chi connectivity index (χ1v) is 8.22. The third-order valence-electron chi connectivity index (χ3n) is 3.32. The smallest absolute Gasteiger partial charge is 0.251 e. The lowest BCUT2D eigenvalue weighted by Gasteiger charge is -2.34. The highest BCUT2D eigenvalue weighted by Crippen LogP contribution is 2.18. The van der Waals surface area contributed by atoms with Gasteiger partial charge in [-0.3, -0.25) is 4.79 Å². The molecule has 0 aromatic heterocycles. The van der Waals surface area contributed by atoms with Crippen molar-refractivity contribution in [1.29, 1.82) is 0 Å². The van der Waals surface area contributed by atoms with Gasteiger partial charge in [-0.05, 0) is 25.7 Å². The summed E-state index contributed by atoms with van der Waals surface area (Å²) in [5.41, 5.74) is 0. The summed E-state index contributed by atoms with van der Waals surface area (Å²) in [6, 6.07) is -0.167. The summed E-state index contributed by atoms with van der Waals surface area (Å²) in [6.07, 6.45) is 4.14. The van der Waals surface area contributed by atoms with Gasteiger partial charge in [-0.25, -0.2) is 13.1 Å². The van der Waals surface area contributed by atoms with E-state index in [9.17, 15) is 13.2 Å². The molecule has 2 saturated heterocycles. The lowest BCUT2D eigenvalue weighted by Crippen LogP contribution is -2.51. The number of likely N-dealkylation sites (tertiary alicyclic amines) is 1. The predicted octanol–water partition coefficient (Wildman–Crippen LogP) is -0.294. The molecule has 1 amide bonds. The summed E-state index contributed by atoms with van der Waals surface area (Å²) in [6.45, 7) is 1.79. The first-order valence-electron chi connectivity index (χ1n) is 6.33. The Morgan fingerprint density at radius 1 is 1.33 bits per heavy atom. The second-order valence-corrected chi connectivity index (χ2v) is 6.80. The van der Waals surface area contributed by atoms with Crippen molar-refractivity contribution in [2.45, 2.75) is 37.8 Å². The SMILES string of the molecule is CS(=O)(=O)N[C@@H]1CCCN(C(=O)[C@@H]2CCCO2)C1. The van der Waals surface area contributed by atoms with Crippen LogP contribution < -0.4 is 4.72 Å². The van der Waals surface area contributed by atoms with E-state index in [1.807, 2.05) is 0 Å². The van der Waals surface area contributed by atoms with E-state index < -0.39 is 10.0 Å². The van der Waals surface area contributed by atoms with Gasteiger partial charge in [-0.15, -0.1) is 0 Å². The molecule has 0 unspecified atom stereocenters. The van der Waals surface area contributed by atoms with Crippen LogP contribution in [0.5, 0.6) is 0 Å². The first kappa shape index (κ1) is 13.8. The highest BCUT2D eigenvalue weighted by molar-refractivity contribution is 7.88. The Labute approximate surface area is 108 Å². The number of nitrogens with one attached hydrogen (secondary N) is 1. The molecular weight excluding hydrogens is 256 g/mol. The van der Waals surface area contributed by atoms with E-state index in [1.54, 1.807) is 4.90 Å². The largest absolute Gasteiger partial charge is 0.368 e. The molecule has 104 valence electrons. The highest BCUT2D eigenvalue weighted by Gasteiger charge is 2.32. The number of hydrogen-bond acceptors (Lipinski definition) is 4. The molecule has 18 heavy (non-hydrogen) atoms. The maximum Gasteiger partial charge on any atom is 0.251 e. The fraction of sp³-hybridized carbons (Fsp3) is 0.909. The van der Waals surface area contributed by atoms with E-state index >= 15 is 0 Å². The number of ether oxygens (including phenoxy) is 1. The third kappa shape index (κ3) is 3.66. The number of sulfonamides is 1. The van der Waals surface area contributed by atoms with E-state index in [0.29, 0.717) is 19.7 Å². The number of carbonyl (C=O) groups excluding carboxylic acids is 1. The fourth-order valence-corrected chi connectivity index (χ4v) is 3.35. The first-order chi connectivity index (χ1) is 8.46. The molecule has 0 aliphatic carbocycles. The zero-order chi connectivity index (χ0) is 13.2. The Morgan fingerprint density at radius 3 is 2.72 bits per heavy atom. The number of piperidine rings is 1. The fourth-order valence-electron chi connectivity index (χ4n) is 2.55. The standard InChI is InChI=1S/C11H20N2O4S/c1-18(15,16)12-9-4-2-6-13(8-9)11(14)10-5-3-7-17-10/h9-10,12H,2-8H2,1H3/t9-,10+/m1/s1. The Kier molecular flexibility index (Phi) is 4.24. The second-order valence-electron chi connectivity index (χ2n) is 5.02. The van der Waals surface area contributed by atoms with Crippen molar-refractivity contribution in [3.05, 3.63) is 0 Å². The summed E-state index contributed by atoms with van der Waals surface area (Å²) in [5, 5.41) is 0. The summed E-state index contributed by atoms with van der Waals surface area (Å²) >= 11 is 0. The monoisotopic (exact) mass is 276 g/mol. The van der Waals surface area contributed by atoms with Gasteiger partial charge in [0.1, 0.15) is 6.10 Å². The molecular formula is C11H20N2O4S. The topological polar surface area (TPSA) is 75.7 Å². The second kappa shape index (κ2) is 5.54. The molecule has 1 N–H and O–H groups in total. The number of carbonyl (C=O) groups is 1. The molecule has 0 saturated carbocycles. The summed E-state index contributed by atoms with van der Waals surface area (Å²) < 4.78 is 30.3. The maximum absolute atomic E-state index is 12.1. The number of amides is 1. The van der Waals surface area contributed by atoms with Crippen LogP contribution in [0.4, 0.5) is 0 Å². The molecule has 0 aromatic rings. The minimum atomic E-state index is -3.21. The molecule has 0 aromatic carbocycles. The van der Waals surface area contributed by atoms with E-state index in [1.165, 1.54) is 0 Å². The third-order valence-corrected chi connectivity index (χ3v) is 4.08. The van der Waals surface area contributed by atoms with E-state index in [4.69, 9.17) is 4.74 Å². The Morgan fingerprint density at radius 2 is 2.11 bits per heavy atom. The number of nitrogens with zero attached hydrogens (tertiary/aromatic N) is 1. The molecule has 2 heterocycles. The lowest BCUT2D eigenvalue weighted by atomic mass is 10.1. The van der Waals surface area contributed by atoms with Crippen molar-refractivity contribution < 1.29 is 17.9 Å². The van der Waals surface area contributed by atoms with Gasteiger partial charge in [-0.1, -0.05) is 0 Å². The van der Waals surface area contributed by atoms with Gasteiger partial charge in [-0.2, -0.15) is 0 Å². The Balaban J connectivity index is 1.91. The summed E-state index contributed by atoms with van der Waals surface area (Å²) in [7, 11) is -3.21. The van der Waals surface area contributed by atoms with Crippen LogP contribution >= 0.6 is 0 Å². The molecule has 2 atom stereocenters. The Hall–Kier alpha value is -0.660. The maximum atomic E-state index is 12.1. The van der Waals surface area contributed by atoms with Crippen LogP contribution in [-0.2, 0) is 19.6 Å². The molecule has 7 heteroatoms. The molecule has 2 aliphatic rings. The zero-order valence-corrected chi connectivity index (χ0v) is 11.4. The average Bonchev–Trinajstić information content (AvgIpc) is 2.79. The predicted molar refractivity (Wildman–Crippen MR) is 66.6 cm³/mol. The highest BCUT2D eigenvalue weighted by atomic mass is 32.2. The normalized spacial score (nSPS) is 29.5. The number of hydrogen-bond donors (Lipinski definition) is 1. The van der Waals surface area contributed by atoms with E-state index in [-0.39, 0.29) is 18.1 Å². The van der Waals surface area contributed by atoms with Gasteiger partial charge < -0.3 is 9.64 Å². The summed E-state index contributed by atoms with van der Waals surface area (Å²) in [4.78, 5) is 13.9. The van der Waals surface area contributed by atoms with Crippen LogP contribution in [0.25, 0.3) is 0 Å². The van der Waals surface area contributed by atoms with Crippen molar-refractivity contribution in [3.8, 4) is 0 Å². The quantitative estimate of drug-likeness (QED) is 0.768. The lowest BCUT2D eigenvalue weighted by molar-refractivity contribution is -0.142. The van der Waals surface area contributed by atoms with Gasteiger partial charge in [0.15, 0.2) is 0 Å². The average molecular weight is 276 g/mol. The molecule has 0 bridgehead atoms. The summed E-state index contributed by atoms with van der Waals surface area (Å²) in [5.74, 6) is 0.00695. The molecule has 0 spiro atoms. The number of rotatable bonds is 3. The van der Waals surface area contributed by atoms with Crippen LogP contribution in [0, 0.1) is 0 Å². The van der Waals surface area contributed by atoms with Crippen molar-refractivity contribution in [3.63, 3.8) is 0 Å². The van der Waals surface area contributed by atoms with Crippen molar-refractivity contribution >= 4 is 15.9 Å². The molecule has 6 nitrogen and oxygen atoms in total. The molecule has 0 radical (unpaired) electrons. The minimum absolute atomic E-state index is 0.00695. The molecule has 2 fully saturated rings. The van der Waals surface area contributed by atoms with Gasteiger partial charge in [0.25, 0.3) is 5.91 Å². The van der Waals surface area contributed by atoms with Crippen LogP contribution in [0.1, 0.15) is 25.7 Å². The van der Waals surface area contributed by atoms with Crippen LogP contribution in [0.15, 0.2) is 0 Å². The van der Waals surface area contributed by atoms with Crippen molar-refractivity contribution in [1.82, 2.24) is 9.62 Å². The van der Waals surface area contributed by atoms with Crippen LogP contribution in [0.2, 0.25) is 0 Å². The van der Waals surface area contributed by atoms with Gasteiger partial charge in [0.2, 0.25) is 10.0 Å². The van der Waals surface area contributed by atoms with Crippen molar-refractivity contribution in [2.75, 3.05) is 26.0 Å². The van der Waals surface area contributed by atoms with Crippen molar-refractivity contribution in [2.24, 2.45) is 0 Å². The minimum Gasteiger partial charge on any atom is -0.368 e. The molecule has 2 aliphatic heterocycles. The zero-order valence-electron chi connectivity index (χ0n) is 10.6. The van der Waals surface area contributed by atoms with E-state index in [2.05, 4.69) is 4.72 Å². The van der Waals surface area contributed by atoms with Gasteiger partial charge >= 0.3 is 0 Å². The Bertz CT molecular complexity index is 403. The van der Waals surface area contributed by atoms with Gasteiger partial charge in [0.05, 0.1) is 6.26 Å². The van der Waals surface area contributed by atoms with Gasteiger partial charge in [0, 0.05) is 25.7 Å². The van der Waals surface area contributed by atoms with Crippen LogP contribution in [0.3, 0.4) is 0 Å². The van der Waals surface area contributed by atoms with Crippen LogP contribution in [-0.4, -0.2) is 57.3 Å².